The van der Waals surface area contributed by atoms with Gasteiger partial charge in [0, 0.05) is 42.5 Å². The van der Waals surface area contributed by atoms with Gasteiger partial charge in [-0.15, -0.1) is 5.56 Å². The van der Waals surface area contributed by atoms with Crippen molar-refractivity contribution in [3.63, 3.8) is 0 Å². The molecule has 2 bridgehead atoms. The van der Waals surface area contributed by atoms with Crippen molar-refractivity contribution in [3.8, 4) is 0 Å². The predicted molar refractivity (Wildman–Crippen MR) is 106 cm³/mol. The summed E-state index contributed by atoms with van der Waals surface area (Å²) in [5, 5.41) is 0. The average Bonchev–Trinajstić information content (AvgIpc) is 3.03. The monoisotopic (exact) mass is 466 g/mol. The number of benzene rings is 2. The second kappa shape index (κ2) is 8.35. The van der Waals surface area contributed by atoms with E-state index < -0.39 is 5.60 Å². The molecule has 0 saturated carbocycles. The zero-order chi connectivity index (χ0) is 19.2. The molecule has 0 aromatic heterocycles. The van der Waals surface area contributed by atoms with Crippen LogP contribution in [0.3, 0.4) is 0 Å². The van der Waals surface area contributed by atoms with Crippen LogP contribution in [0.5, 0.6) is 0 Å². The van der Waals surface area contributed by atoms with Gasteiger partial charge in [-0.1, -0.05) is 49.4 Å². The summed E-state index contributed by atoms with van der Waals surface area (Å²) in [4.78, 5) is 28.5. The molecule has 0 amide bonds. The van der Waals surface area contributed by atoms with Crippen LogP contribution < -0.4 is 0 Å². The molecule has 2 heterocycles. The van der Waals surface area contributed by atoms with E-state index >= 15 is 0 Å². The summed E-state index contributed by atoms with van der Waals surface area (Å²) >= 11 is 1.47. The van der Waals surface area contributed by atoms with Crippen molar-refractivity contribution < 1.29 is 47.0 Å². The third kappa shape index (κ3) is 3.72. The van der Waals surface area contributed by atoms with Gasteiger partial charge in [0.15, 0.2) is 11.6 Å². The van der Waals surface area contributed by atoms with E-state index in [1.165, 1.54) is 11.8 Å². The van der Waals surface area contributed by atoms with Gasteiger partial charge in [0.2, 0.25) is 0 Å². The maximum Gasteiger partial charge on any atom is 0.199 e. The van der Waals surface area contributed by atoms with Gasteiger partial charge in [0.05, 0.1) is 11.7 Å². The summed E-state index contributed by atoms with van der Waals surface area (Å²) < 4.78 is 6.07. The van der Waals surface area contributed by atoms with Crippen LogP contribution in [0.15, 0.2) is 57.8 Å². The number of carbonyl (C=O) groups excluding carboxylic acids is 2. The van der Waals surface area contributed by atoms with Gasteiger partial charge < -0.3 is 4.74 Å². The average molecular weight is 466 g/mol. The van der Waals surface area contributed by atoms with Gasteiger partial charge in [0.25, 0.3) is 0 Å². The summed E-state index contributed by atoms with van der Waals surface area (Å²) in [6.07, 6.45) is 1.20. The number of hydrogen-bond acceptors (Lipinski definition) is 4. The summed E-state index contributed by atoms with van der Waals surface area (Å²) in [6, 6.07) is 16.5. The molecule has 1 saturated heterocycles. The predicted octanol–water partition coefficient (Wildman–Crippen LogP) is 4.85. The van der Waals surface area contributed by atoms with E-state index in [9.17, 15) is 9.59 Å². The zero-order valence-electron chi connectivity index (χ0n) is 16.2. The first-order valence-electron chi connectivity index (χ1n) is 9.13. The van der Waals surface area contributed by atoms with Crippen LogP contribution in [0, 0.1) is 19.9 Å². The molecule has 3 nitrogen and oxygen atoms in total. The first kappa shape index (κ1) is 21.6. The molecule has 28 heavy (non-hydrogen) atoms. The molecule has 2 unspecified atom stereocenters. The summed E-state index contributed by atoms with van der Waals surface area (Å²) in [6.45, 7) is 5.64. The summed E-state index contributed by atoms with van der Waals surface area (Å²) in [7, 11) is 0. The Bertz CT molecular complexity index is 967. The van der Waals surface area contributed by atoms with Crippen LogP contribution in [0.1, 0.15) is 41.3 Å². The van der Waals surface area contributed by atoms with E-state index in [-0.39, 0.29) is 50.4 Å². The molecule has 2 aromatic carbocycles. The van der Waals surface area contributed by atoms with Crippen LogP contribution in [-0.4, -0.2) is 23.3 Å². The SMILES string of the molecule is Cc1[c-]ccc(C(=O)C2=C(Sc3ccccc3)C3CCC(C)(O3)C2=O)c1C.[Y]. The number of ether oxygens (including phenoxy) is 1. The topological polar surface area (TPSA) is 43.4 Å². The fraction of sp³-hybridized carbons (Fsp3) is 0.304. The van der Waals surface area contributed by atoms with Crippen LogP contribution in [0.4, 0.5) is 0 Å². The first-order chi connectivity index (χ1) is 12.9. The van der Waals surface area contributed by atoms with Gasteiger partial charge in [-0.25, -0.2) is 0 Å². The Labute approximate surface area is 195 Å². The Morgan fingerprint density at radius 1 is 1.21 bits per heavy atom. The minimum atomic E-state index is -0.889. The minimum absolute atomic E-state index is 0. The number of hydrogen-bond donors (Lipinski definition) is 0. The molecule has 2 aliphatic heterocycles. The van der Waals surface area contributed by atoms with Gasteiger partial charge in [-0.3, -0.25) is 9.59 Å². The molecule has 5 heteroatoms. The standard InChI is InChI=1S/C23H21O3S.Y/c1-14-8-7-11-17(15(14)2)20(24)19-21(27-16-9-5-4-6-10-16)18-12-13-23(3,26-18)22(19)25;/h4-7,9-11,18H,12-13H2,1-3H3;/q-1;. The molecular weight excluding hydrogens is 445 g/mol. The van der Waals surface area contributed by atoms with E-state index in [0.29, 0.717) is 17.6 Å². The smallest absolute Gasteiger partial charge is 0.199 e. The van der Waals surface area contributed by atoms with Gasteiger partial charge >= 0.3 is 0 Å². The molecule has 0 spiro atoms. The van der Waals surface area contributed by atoms with E-state index in [0.717, 1.165) is 27.3 Å². The van der Waals surface area contributed by atoms with E-state index in [1.807, 2.05) is 51.1 Å². The molecule has 2 aliphatic rings. The number of Topliss-reactive ketones (excluding diaryl/α,β-unsaturated/α-hetero) is 2. The zero-order valence-corrected chi connectivity index (χ0v) is 19.9. The van der Waals surface area contributed by atoms with Crippen molar-refractivity contribution >= 4 is 23.3 Å². The molecule has 141 valence electrons. The number of thioether (sulfide) groups is 1. The second-order valence-electron chi connectivity index (χ2n) is 7.33. The van der Waals surface area contributed by atoms with Crippen LogP contribution in [0.2, 0.25) is 0 Å². The Morgan fingerprint density at radius 2 is 1.93 bits per heavy atom. The van der Waals surface area contributed by atoms with Crippen molar-refractivity contribution in [2.75, 3.05) is 0 Å². The Hall–Kier alpha value is -1.07. The van der Waals surface area contributed by atoms with E-state index in [1.54, 1.807) is 12.1 Å². The fourth-order valence-corrected chi connectivity index (χ4v) is 4.87. The minimum Gasteiger partial charge on any atom is -0.359 e. The number of fused-ring (bicyclic) bond motifs is 2. The number of rotatable bonds is 4. The van der Waals surface area contributed by atoms with Crippen molar-refractivity contribution in [3.05, 3.63) is 75.7 Å². The van der Waals surface area contributed by atoms with Crippen LogP contribution in [0.25, 0.3) is 0 Å². The van der Waals surface area contributed by atoms with Crippen LogP contribution in [-0.2, 0) is 42.2 Å². The van der Waals surface area contributed by atoms with Gasteiger partial charge in [-0.05, 0) is 31.9 Å². The van der Waals surface area contributed by atoms with Crippen molar-refractivity contribution in [2.24, 2.45) is 0 Å². The fourth-order valence-electron chi connectivity index (χ4n) is 3.74. The Kier molecular flexibility index (Phi) is 6.46. The molecule has 1 radical (unpaired) electrons. The van der Waals surface area contributed by atoms with E-state index in [4.69, 9.17) is 4.74 Å². The normalized spacial score (nSPS) is 23.5. The third-order valence-electron chi connectivity index (χ3n) is 5.49. The molecule has 1 fully saturated rings. The largest absolute Gasteiger partial charge is 0.359 e. The Morgan fingerprint density at radius 3 is 2.64 bits per heavy atom. The maximum atomic E-state index is 13.5. The van der Waals surface area contributed by atoms with Crippen LogP contribution >= 0.6 is 11.8 Å². The number of aryl methyl sites for hydroxylation is 1. The second-order valence-corrected chi connectivity index (χ2v) is 8.45. The molecule has 0 N–H and O–H groups in total. The summed E-state index contributed by atoms with van der Waals surface area (Å²) in [5.41, 5.74) is 1.78. The quantitative estimate of drug-likeness (QED) is 0.367. The van der Waals surface area contributed by atoms with Gasteiger partial charge in [0.1, 0.15) is 5.60 Å². The molecule has 4 rings (SSSR count). The first-order valence-corrected chi connectivity index (χ1v) is 9.94. The van der Waals surface area contributed by atoms with Crippen molar-refractivity contribution in [2.45, 2.75) is 50.2 Å². The van der Waals surface area contributed by atoms with Crippen molar-refractivity contribution in [1.29, 1.82) is 0 Å². The van der Waals surface area contributed by atoms with E-state index in [2.05, 4.69) is 6.07 Å². The molecular formula is C23H21O3SY-. The maximum absolute atomic E-state index is 13.5. The molecule has 2 aromatic rings. The molecule has 0 aliphatic carbocycles. The number of ketones is 2. The van der Waals surface area contributed by atoms with Gasteiger partial charge in [-0.2, -0.15) is 23.8 Å². The third-order valence-corrected chi connectivity index (χ3v) is 6.69. The Balaban J connectivity index is 0.00000225. The summed E-state index contributed by atoms with van der Waals surface area (Å²) in [5.74, 6) is -0.390. The number of carbonyl (C=O) groups is 2. The van der Waals surface area contributed by atoms with Crippen molar-refractivity contribution in [1.82, 2.24) is 0 Å². The molecule has 2 atom stereocenters.